The second-order valence-corrected chi connectivity index (χ2v) is 3.54. The Bertz CT molecular complexity index is 224. The number of hydrogen-bond acceptors (Lipinski definition) is 2. The third kappa shape index (κ3) is 4.26. The van der Waals surface area contributed by atoms with E-state index in [-0.39, 0.29) is 12.1 Å². The third-order valence-corrected chi connectivity index (χ3v) is 2.32. The zero-order valence-corrected chi connectivity index (χ0v) is 8.74. The van der Waals surface area contributed by atoms with E-state index in [0.29, 0.717) is 0 Å². The Kier molecular flexibility index (Phi) is 5.05. The lowest BCUT2D eigenvalue weighted by molar-refractivity contribution is -0.146. The van der Waals surface area contributed by atoms with Gasteiger partial charge in [-0.1, -0.05) is 18.2 Å². The first kappa shape index (κ1) is 11.0. The lowest BCUT2D eigenvalue weighted by Gasteiger charge is -2.24. The van der Waals surface area contributed by atoms with E-state index in [1.807, 2.05) is 19.1 Å². The molecule has 0 N–H and O–H groups in total. The van der Waals surface area contributed by atoms with Crippen LogP contribution in [0.15, 0.2) is 24.3 Å². The van der Waals surface area contributed by atoms with Crippen LogP contribution in [0.2, 0.25) is 0 Å². The Morgan fingerprint density at radius 1 is 1.36 bits per heavy atom. The van der Waals surface area contributed by atoms with Gasteiger partial charge < -0.3 is 4.74 Å². The number of ether oxygens (including phenoxy) is 1. The lowest BCUT2D eigenvalue weighted by Crippen LogP contribution is -2.23. The summed E-state index contributed by atoms with van der Waals surface area (Å²) in [5.41, 5.74) is 0. The highest BCUT2D eigenvalue weighted by molar-refractivity contribution is 5.82. The van der Waals surface area contributed by atoms with Crippen molar-refractivity contribution >= 4 is 5.97 Å². The van der Waals surface area contributed by atoms with Crippen LogP contribution in [0.5, 0.6) is 0 Å². The predicted octanol–water partition coefficient (Wildman–Crippen LogP) is 2.99. The summed E-state index contributed by atoms with van der Waals surface area (Å²) in [6.45, 7) is 1.99. The highest BCUT2D eigenvalue weighted by Gasteiger charge is 2.20. The minimum absolute atomic E-state index is 0.185. The molecule has 0 spiro atoms. The summed E-state index contributed by atoms with van der Waals surface area (Å²) >= 11 is 0. The van der Waals surface area contributed by atoms with Gasteiger partial charge in [-0.05, 0) is 39.0 Å². The van der Waals surface area contributed by atoms with Crippen LogP contribution in [0.1, 0.15) is 39.0 Å². The molecule has 0 unspecified atom stereocenters. The molecule has 1 aliphatic rings. The van der Waals surface area contributed by atoms with Crippen molar-refractivity contribution in [3.8, 4) is 0 Å². The number of carbonyl (C=O) groups is 1. The fourth-order valence-corrected chi connectivity index (χ4v) is 1.23. The van der Waals surface area contributed by atoms with Gasteiger partial charge in [-0.15, -0.1) is 0 Å². The van der Waals surface area contributed by atoms with Crippen LogP contribution in [0, 0.1) is 0 Å². The maximum atomic E-state index is 11.2. The lowest BCUT2D eigenvalue weighted by atomic mass is 9.96. The van der Waals surface area contributed by atoms with Crippen LogP contribution in [0.3, 0.4) is 0 Å². The Hall–Kier alpha value is -1.05. The largest absolute Gasteiger partial charge is 0.459 e. The monoisotopic (exact) mass is 194 g/mol. The topological polar surface area (TPSA) is 26.3 Å². The van der Waals surface area contributed by atoms with Crippen molar-refractivity contribution in [3.05, 3.63) is 24.3 Å². The molecule has 0 saturated heterocycles. The normalized spacial score (nSPS) is 17.5. The van der Waals surface area contributed by atoms with Crippen molar-refractivity contribution in [3.63, 3.8) is 0 Å². The van der Waals surface area contributed by atoms with Crippen LogP contribution in [-0.2, 0) is 9.53 Å². The molecule has 0 radical (unpaired) electrons. The maximum Gasteiger partial charge on any atom is 0.330 e. The molecule has 2 heteroatoms. The van der Waals surface area contributed by atoms with Gasteiger partial charge in [0.15, 0.2) is 0 Å². The Morgan fingerprint density at radius 3 is 2.64 bits per heavy atom. The maximum absolute atomic E-state index is 11.2. The Labute approximate surface area is 85.6 Å². The molecule has 2 nitrogen and oxygen atoms in total. The average Bonchev–Trinajstić information content (AvgIpc) is 2.11. The van der Waals surface area contributed by atoms with Gasteiger partial charge in [-0.2, -0.15) is 0 Å². The van der Waals surface area contributed by atoms with Crippen molar-refractivity contribution in [1.29, 1.82) is 0 Å². The van der Waals surface area contributed by atoms with Gasteiger partial charge in [0, 0.05) is 6.08 Å². The molecule has 0 aliphatic heterocycles. The summed E-state index contributed by atoms with van der Waals surface area (Å²) in [6.07, 6.45) is 12.9. The average molecular weight is 194 g/mol. The molecule has 1 rings (SSSR count). The van der Waals surface area contributed by atoms with Gasteiger partial charge >= 0.3 is 5.97 Å². The number of carbonyl (C=O) groups excluding carboxylic acids is 1. The van der Waals surface area contributed by atoms with E-state index in [1.165, 1.54) is 6.42 Å². The number of unbranched alkanes of at least 4 members (excludes halogenated alkanes) is 1. The van der Waals surface area contributed by atoms with Gasteiger partial charge in [0.25, 0.3) is 0 Å². The fraction of sp³-hybridized carbons (Fsp3) is 0.583. The molecule has 1 aliphatic carbocycles. The van der Waals surface area contributed by atoms with E-state index in [1.54, 1.807) is 6.08 Å². The smallest absolute Gasteiger partial charge is 0.330 e. The molecule has 0 atom stereocenters. The first-order valence-electron chi connectivity index (χ1n) is 5.31. The van der Waals surface area contributed by atoms with Gasteiger partial charge in [-0.25, -0.2) is 4.79 Å². The highest BCUT2D eigenvalue weighted by atomic mass is 16.5. The van der Waals surface area contributed by atoms with Crippen molar-refractivity contribution in [1.82, 2.24) is 0 Å². The molecule has 78 valence electrons. The third-order valence-electron chi connectivity index (χ3n) is 2.32. The van der Waals surface area contributed by atoms with Gasteiger partial charge in [0.1, 0.15) is 6.10 Å². The quantitative estimate of drug-likeness (QED) is 0.291. The number of esters is 1. The number of hydrogen-bond donors (Lipinski definition) is 0. The Balaban J connectivity index is 2.06. The number of rotatable bonds is 5. The second-order valence-electron chi connectivity index (χ2n) is 3.54. The summed E-state index contributed by atoms with van der Waals surface area (Å²) < 4.78 is 5.15. The van der Waals surface area contributed by atoms with E-state index >= 15 is 0 Å². The molecule has 0 aromatic rings. The molecule has 0 aromatic heterocycles. The molecule has 0 bridgehead atoms. The van der Waals surface area contributed by atoms with E-state index in [0.717, 1.165) is 25.7 Å². The zero-order valence-electron chi connectivity index (χ0n) is 8.74. The SMILES string of the molecule is CC=CCCC=CC(=O)OC1CCC1. The molecule has 0 aromatic carbocycles. The first-order valence-corrected chi connectivity index (χ1v) is 5.31. The molecule has 14 heavy (non-hydrogen) atoms. The molecule has 1 saturated carbocycles. The summed E-state index contributed by atoms with van der Waals surface area (Å²) in [4.78, 5) is 11.2. The van der Waals surface area contributed by atoms with E-state index in [9.17, 15) is 4.79 Å². The predicted molar refractivity (Wildman–Crippen MR) is 56.9 cm³/mol. The minimum Gasteiger partial charge on any atom is -0.459 e. The summed E-state index contributed by atoms with van der Waals surface area (Å²) in [5, 5.41) is 0. The van der Waals surface area contributed by atoms with Crippen LogP contribution >= 0.6 is 0 Å². The van der Waals surface area contributed by atoms with Gasteiger partial charge in [-0.3, -0.25) is 0 Å². The van der Waals surface area contributed by atoms with Gasteiger partial charge in [0.2, 0.25) is 0 Å². The molecule has 1 fully saturated rings. The van der Waals surface area contributed by atoms with Crippen molar-refractivity contribution < 1.29 is 9.53 Å². The Morgan fingerprint density at radius 2 is 2.07 bits per heavy atom. The zero-order chi connectivity index (χ0) is 10.2. The van der Waals surface area contributed by atoms with Crippen molar-refractivity contribution in [2.75, 3.05) is 0 Å². The first-order chi connectivity index (χ1) is 6.83. The summed E-state index contributed by atoms with van der Waals surface area (Å²) in [7, 11) is 0. The van der Waals surface area contributed by atoms with Crippen LogP contribution in [-0.4, -0.2) is 12.1 Å². The summed E-state index contributed by atoms with van der Waals surface area (Å²) in [6, 6.07) is 0. The van der Waals surface area contributed by atoms with E-state index in [4.69, 9.17) is 4.74 Å². The van der Waals surface area contributed by atoms with Gasteiger partial charge in [0.05, 0.1) is 0 Å². The highest BCUT2D eigenvalue weighted by Crippen LogP contribution is 2.21. The van der Waals surface area contributed by atoms with Crippen LogP contribution in [0.25, 0.3) is 0 Å². The molecule has 0 amide bonds. The molecular formula is C12H18O2. The molecular weight excluding hydrogens is 176 g/mol. The summed E-state index contributed by atoms with van der Waals surface area (Å²) in [5.74, 6) is -0.185. The molecule has 0 heterocycles. The van der Waals surface area contributed by atoms with E-state index < -0.39 is 0 Å². The van der Waals surface area contributed by atoms with E-state index in [2.05, 4.69) is 6.08 Å². The minimum atomic E-state index is -0.185. The fourth-order valence-electron chi connectivity index (χ4n) is 1.23. The van der Waals surface area contributed by atoms with Crippen molar-refractivity contribution in [2.24, 2.45) is 0 Å². The number of allylic oxidation sites excluding steroid dienone is 3. The van der Waals surface area contributed by atoms with Crippen LogP contribution in [0.4, 0.5) is 0 Å². The second kappa shape index (κ2) is 6.41. The van der Waals surface area contributed by atoms with Crippen LogP contribution < -0.4 is 0 Å². The standard InChI is InChI=1S/C12H18O2/c1-2-3-4-5-6-10-12(13)14-11-8-7-9-11/h2-3,6,10-11H,4-5,7-9H2,1H3. The van der Waals surface area contributed by atoms with Crippen molar-refractivity contribution in [2.45, 2.75) is 45.1 Å².